The Bertz CT molecular complexity index is 595. The number of carbonyl (C=O) groups is 2. The second-order valence-electron chi connectivity index (χ2n) is 3.35. The van der Waals surface area contributed by atoms with Gasteiger partial charge in [-0.1, -0.05) is 0 Å². The van der Waals surface area contributed by atoms with Crippen molar-refractivity contribution in [1.29, 1.82) is 0 Å². The topological polar surface area (TPSA) is 85.1 Å². The van der Waals surface area contributed by atoms with Crippen molar-refractivity contribution in [3.63, 3.8) is 0 Å². The summed E-state index contributed by atoms with van der Waals surface area (Å²) in [7, 11) is 0. The molecule has 0 spiro atoms. The van der Waals surface area contributed by atoms with E-state index in [1.54, 1.807) is 23.6 Å². The molecule has 0 aliphatic heterocycles. The number of thiophene rings is 1. The normalized spacial score (nSPS) is 10.1. The first-order valence-corrected chi connectivity index (χ1v) is 6.55. The number of nitrogens with one attached hydrogen (secondary N) is 1. The van der Waals surface area contributed by atoms with Gasteiger partial charge in [-0.05, 0) is 39.5 Å². The zero-order valence-electron chi connectivity index (χ0n) is 9.01. The Morgan fingerprint density at radius 3 is 2.72 bits per heavy atom. The summed E-state index contributed by atoms with van der Waals surface area (Å²) >= 11 is 4.43. The smallest absolute Gasteiger partial charge is 0.257 e. The molecule has 0 unspecified atom stereocenters. The molecule has 2 aromatic rings. The average molecular weight is 326 g/mol. The number of rotatable bonds is 3. The number of amides is 2. The summed E-state index contributed by atoms with van der Waals surface area (Å²) < 4.78 is 0.646. The van der Waals surface area contributed by atoms with E-state index in [0.29, 0.717) is 20.7 Å². The van der Waals surface area contributed by atoms with E-state index in [9.17, 15) is 9.59 Å². The third-order valence-corrected chi connectivity index (χ3v) is 3.45. The van der Waals surface area contributed by atoms with E-state index in [2.05, 4.69) is 26.2 Å². The first-order valence-electron chi connectivity index (χ1n) is 4.88. The number of nitrogens with zero attached hydrogens (tertiary/aromatic N) is 1. The molecule has 2 rings (SSSR count). The fourth-order valence-electron chi connectivity index (χ4n) is 1.29. The summed E-state index contributed by atoms with van der Waals surface area (Å²) in [5.41, 5.74) is 5.90. The summed E-state index contributed by atoms with van der Waals surface area (Å²) in [5, 5.41) is 4.76. The number of primary amides is 1. The van der Waals surface area contributed by atoms with Gasteiger partial charge in [0, 0.05) is 6.20 Å². The van der Waals surface area contributed by atoms with Gasteiger partial charge in [-0.15, -0.1) is 11.3 Å². The van der Waals surface area contributed by atoms with Crippen molar-refractivity contribution in [2.45, 2.75) is 0 Å². The van der Waals surface area contributed by atoms with Crippen LogP contribution in [0.25, 0.3) is 0 Å². The Hall–Kier alpha value is -1.73. The van der Waals surface area contributed by atoms with E-state index in [0.717, 1.165) is 0 Å². The standard InChI is InChI=1S/C11H8BrN3O2S/c12-8-2-1-6(5-14-8)10(17)15-11-7(9(13)16)3-4-18-11/h1-5H,(H2,13,16)(H,15,17). The fraction of sp³-hybridized carbons (Fsp3) is 0. The van der Waals surface area contributed by atoms with Crippen LogP contribution >= 0.6 is 27.3 Å². The SMILES string of the molecule is NC(=O)c1ccsc1NC(=O)c1ccc(Br)nc1. The van der Waals surface area contributed by atoms with Crippen LogP contribution in [-0.2, 0) is 0 Å². The van der Waals surface area contributed by atoms with E-state index < -0.39 is 5.91 Å². The minimum Gasteiger partial charge on any atom is -0.366 e. The molecule has 0 radical (unpaired) electrons. The van der Waals surface area contributed by atoms with Gasteiger partial charge >= 0.3 is 0 Å². The quantitative estimate of drug-likeness (QED) is 0.849. The molecule has 0 saturated carbocycles. The van der Waals surface area contributed by atoms with Crippen LogP contribution in [0.15, 0.2) is 34.4 Å². The van der Waals surface area contributed by atoms with Crippen LogP contribution in [0.2, 0.25) is 0 Å². The molecule has 0 atom stereocenters. The largest absolute Gasteiger partial charge is 0.366 e. The van der Waals surface area contributed by atoms with Gasteiger partial charge in [-0.2, -0.15) is 0 Å². The van der Waals surface area contributed by atoms with Gasteiger partial charge in [-0.3, -0.25) is 9.59 Å². The molecule has 18 heavy (non-hydrogen) atoms. The molecule has 2 amide bonds. The molecule has 2 heterocycles. The highest BCUT2D eigenvalue weighted by Crippen LogP contribution is 2.23. The van der Waals surface area contributed by atoms with E-state index in [4.69, 9.17) is 5.73 Å². The number of hydrogen-bond donors (Lipinski definition) is 2. The predicted octanol–water partition coefficient (Wildman–Crippen LogP) is 2.26. The summed E-state index contributed by atoms with van der Waals surface area (Å²) in [5.74, 6) is -0.902. The maximum absolute atomic E-state index is 11.9. The summed E-state index contributed by atoms with van der Waals surface area (Å²) in [6.07, 6.45) is 1.44. The fourth-order valence-corrected chi connectivity index (χ4v) is 2.31. The second kappa shape index (κ2) is 5.28. The van der Waals surface area contributed by atoms with Crippen LogP contribution in [0.5, 0.6) is 0 Å². The highest BCUT2D eigenvalue weighted by atomic mass is 79.9. The molecule has 0 aromatic carbocycles. The van der Waals surface area contributed by atoms with Crippen molar-refractivity contribution in [1.82, 2.24) is 4.98 Å². The van der Waals surface area contributed by atoms with Crippen LogP contribution in [-0.4, -0.2) is 16.8 Å². The number of halogens is 1. The van der Waals surface area contributed by atoms with E-state index in [1.807, 2.05) is 0 Å². The maximum Gasteiger partial charge on any atom is 0.257 e. The number of hydrogen-bond acceptors (Lipinski definition) is 4. The van der Waals surface area contributed by atoms with Gasteiger partial charge in [-0.25, -0.2) is 4.98 Å². The first-order chi connectivity index (χ1) is 8.58. The monoisotopic (exact) mass is 325 g/mol. The molecule has 3 N–H and O–H groups in total. The van der Waals surface area contributed by atoms with Crippen molar-refractivity contribution < 1.29 is 9.59 Å². The predicted molar refractivity (Wildman–Crippen MR) is 72.7 cm³/mol. The van der Waals surface area contributed by atoms with Crippen molar-refractivity contribution in [3.8, 4) is 0 Å². The molecule has 0 aliphatic rings. The summed E-state index contributed by atoms with van der Waals surface area (Å²) in [6.45, 7) is 0. The first kappa shape index (κ1) is 12.7. The number of nitrogens with two attached hydrogens (primary N) is 1. The van der Waals surface area contributed by atoms with Crippen molar-refractivity contribution >= 4 is 44.1 Å². The summed E-state index contributed by atoms with van der Waals surface area (Å²) in [4.78, 5) is 26.9. The van der Waals surface area contributed by atoms with Crippen molar-refractivity contribution in [2.75, 3.05) is 5.32 Å². The van der Waals surface area contributed by atoms with Gasteiger partial charge in [0.25, 0.3) is 11.8 Å². The Morgan fingerprint density at radius 2 is 2.11 bits per heavy atom. The zero-order valence-corrected chi connectivity index (χ0v) is 11.4. The molecule has 7 heteroatoms. The lowest BCUT2D eigenvalue weighted by Gasteiger charge is -2.04. The lowest BCUT2D eigenvalue weighted by Crippen LogP contribution is -2.16. The number of anilines is 1. The van der Waals surface area contributed by atoms with E-state index >= 15 is 0 Å². The van der Waals surface area contributed by atoms with Crippen LogP contribution in [0.1, 0.15) is 20.7 Å². The van der Waals surface area contributed by atoms with Gasteiger partial charge < -0.3 is 11.1 Å². The number of pyridine rings is 1. The van der Waals surface area contributed by atoms with Crippen molar-refractivity contribution in [2.24, 2.45) is 5.73 Å². The second-order valence-corrected chi connectivity index (χ2v) is 5.08. The Morgan fingerprint density at radius 1 is 1.33 bits per heavy atom. The Balaban J connectivity index is 2.19. The van der Waals surface area contributed by atoms with E-state index in [-0.39, 0.29) is 5.91 Å². The van der Waals surface area contributed by atoms with Crippen LogP contribution in [0.4, 0.5) is 5.00 Å². The summed E-state index contributed by atoms with van der Waals surface area (Å²) in [6, 6.07) is 4.87. The van der Waals surface area contributed by atoms with Gasteiger partial charge in [0.2, 0.25) is 0 Å². The third-order valence-electron chi connectivity index (χ3n) is 2.15. The van der Waals surface area contributed by atoms with Gasteiger partial charge in [0.15, 0.2) is 0 Å². The number of carbonyl (C=O) groups excluding carboxylic acids is 2. The van der Waals surface area contributed by atoms with Gasteiger partial charge in [0.05, 0.1) is 11.1 Å². The molecule has 0 aliphatic carbocycles. The molecular weight excluding hydrogens is 318 g/mol. The molecular formula is C11H8BrN3O2S. The number of aromatic nitrogens is 1. The highest BCUT2D eigenvalue weighted by Gasteiger charge is 2.13. The Kier molecular flexibility index (Phi) is 3.73. The van der Waals surface area contributed by atoms with Crippen LogP contribution < -0.4 is 11.1 Å². The molecule has 92 valence electrons. The van der Waals surface area contributed by atoms with Crippen LogP contribution in [0.3, 0.4) is 0 Å². The molecule has 2 aromatic heterocycles. The van der Waals surface area contributed by atoms with Crippen molar-refractivity contribution in [3.05, 3.63) is 45.5 Å². The average Bonchev–Trinajstić information content (AvgIpc) is 2.78. The molecule has 5 nitrogen and oxygen atoms in total. The van der Waals surface area contributed by atoms with Crippen LogP contribution in [0, 0.1) is 0 Å². The zero-order chi connectivity index (χ0) is 13.1. The minimum atomic E-state index is -0.569. The Labute approximate surface area is 115 Å². The lowest BCUT2D eigenvalue weighted by atomic mass is 10.2. The molecule has 0 fully saturated rings. The third kappa shape index (κ3) is 2.74. The van der Waals surface area contributed by atoms with E-state index in [1.165, 1.54) is 17.5 Å². The molecule has 0 saturated heterocycles. The maximum atomic E-state index is 11.9. The van der Waals surface area contributed by atoms with Gasteiger partial charge in [0.1, 0.15) is 9.60 Å². The lowest BCUT2D eigenvalue weighted by molar-refractivity contribution is 0.100. The minimum absolute atomic E-state index is 0.304. The molecule has 0 bridgehead atoms. The highest BCUT2D eigenvalue weighted by molar-refractivity contribution is 9.10.